The fourth-order valence-corrected chi connectivity index (χ4v) is 1.46. The number of methoxy groups -OCH3 is 1. The lowest BCUT2D eigenvalue weighted by molar-refractivity contribution is 0.116. The van der Waals surface area contributed by atoms with E-state index in [-0.39, 0.29) is 6.10 Å². The Morgan fingerprint density at radius 2 is 1.88 bits per heavy atom. The molecule has 0 aromatic carbocycles. The first-order valence-electron chi connectivity index (χ1n) is 5.22. The van der Waals surface area contributed by atoms with Crippen LogP contribution in [0.1, 0.15) is 18.7 Å². The topological polar surface area (TPSA) is 35.0 Å². The van der Waals surface area contributed by atoms with E-state index in [0.29, 0.717) is 0 Å². The van der Waals surface area contributed by atoms with Crippen LogP contribution >= 0.6 is 0 Å². The second kappa shape index (κ2) is 4.86. The first kappa shape index (κ1) is 10.8. The van der Waals surface area contributed by atoms with Crippen molar-refractivity contribution in [3.05, 3.63) is 48.3 Å². The van der Waals surface area contributed by atoms with Crippen molar-refractivity contribution in [3.63, 3.8) is 0 Å². The van der Waals surface area contributed by atoms with Gasteiger partial charge in [0.2, 0.25) is 0 Å². The normalized spacial score (nSPS) is 12.4. The van der Waals surface area contributed by atoms with Crippen molar-refractivity contribution < 1.29 is 4.74 Å². The number of hydrogen-bond acceptors (Lipinski definition) is 3. The number of nitrogens with zero attached hydrogens (tertiary/aromatic N) is 2. The lowest BCUT2D eigenvalue weighted by Crippen LogP contribution is -2.00. The van der Waals surface area contributed by atoms with Crippen molar-refractivity contribution >= 4 is 0 Å². The summed E-state index contributed by atoms with van der Waals surface area (Å²) in [6, 6.07) is 11.7. The predicted octanol–water partition coefficient (Wildman–Crippen LogP) is 2.85. The number of ether oxygens (including phenoxy) is 1. The lowest BCUT2D eigenvalue weighted by Gasteiger charge is -2.09. The summed E-state index contributed by atoms with van der Waals surface area (Å²) in [7, 11) is 1.68. The SMILES string of the molecule is CO[C@H](C)c1cccc(-c2ccccn2)n1. The molecule has 2 heterocycles. The third kappa shape index (κ3) is 2.25. The van der Waals surface area contributed by atoms with Crippen molar-refractivity contribution in [3.8, 4) is 11.4 Å². The molecule has 1 atom stereocenters. The third-order valence-corrected chi connectivity index (χ3v) is 2.47. The minimum atomic E-state index is 0.00339. The van der Waals surface area contributed by atoms with E-state index < -0.39 is 0 Å². The highest BCUT2D eigenvalue weighted by molar-refractivity contribution is 5.53. The number of hydrogen-bond donors (Lipinski definition) is 0. The predicted molar refractivity (Wildman–Crippen MR) is 62.9 cm³/mol. The number of pyridine rings is 2. The highest BCUT2D eigenvalue weighted by Crippen LogP contribution is 2.18. The molecular formula is C13H14N2O. The Balaban J connectivity index is 2.36. The summed E-state index contributed by atoms with van der Waals surface area (Å²) in [6.07, 6.45) is 1.77. The van der Waals surface area contributed by atoms with Crippen LogP contribution in [0.5, 0.6) is 0 Å². The molecule has 0 bridgehead atoms. The van der Waals surface area contributed by atoms with Gasteiger partial charge in [-0.05, 0) is 31.2 Å². The van der Waals surface area contributed by atoms with E-state index in [4.69, 9.17) is 4.74 Å². The Hall–Kier alpha value is -1.74. The average molecular weight is 214 g/mol. The summed E-state index contributed by atoms with van der Waals surface area (Å²) in [4.78, 5) is 8.80. The van der Waals surface area contributed by atoms with E-state index in [2.05, 4.69) is 9.97 Å². The Morgan fingerprint density at radius 3 is 2.56 bits per heavy atom. The zero-order valence-electron chi connectivity index (χ0n) is 9.42. The largest absolute Gasteiger partial charge is 0.375 e. The molecule has 16 heavy (non-hydrogen) atoms. The maximum Gasteiger partial charge on any atom is 0.0963 e. The van der Waals surface area contributed by atoms with E-state index in [1.54, 1.807) is 13.3 Å². The smallest absolute Gasteiger partial charge is 0.0963 e. The van der Waals surface area contributed by atoms with E-state index >= 15 is 0 Å². The van der Waals surface area contributed by atoms with Gasteiger partial charge in [-0.25, -0.2) is 4.98 Å². The molecule has 0 spiro atoms. The molecule has 0 saturated carbocycles. The van der Waals surface area contributed by atoms with Crippen LogP contribution in [-0.4, -0.2) is 17.1 Å². The van der Waals surface area contributed by atoms with Gasteiger partial charge in [-0.2, -0.15) is 0 Å². The van der Waals surface area contributed by atoms with Gasteiger partial charge in [0.15, 0.2) is 0 Å². The zero-order valence-corrected chi connectivity index (χ0v) is 9.42. The fraction of sp³-hybridized carbons (Fsp3) is 0.231. The summed E-state index contributed by atoms with van der Waals surface area (Å²) in [5, 5.41) is 0. The molecule has 0 aliphatic heterocycles. The average Bonchev–Trinajstić information content (AvgIpc) is 2.39. The van der Waals surface area contributed by atoms with Gasteiger partial charge in [0.1, 0.15) is 0 Å². The molecule has 2 rings (SSSR count). The van der Waals surface area contributed by atoms with Gasteiger partial charge in [-0.3, -0.25) is 4.98 Å². The number of aromatic nitrogens is 2. The standard InChI is InChI=1S/C13H14N2O/c1-10(16-2)11-7-5-8-13(15-11)12-6-3-4-9-14-12/h3-10H,1-2H3/t10-/m1/s1. The molecule has 0 saturated heterocycles. The van der Waals surface area contributed by atoms with Crippen LogP contribution in [0.2, 0.25) is 0 Å². The second-order valence-corrected chi connectivity index (χ2v) is 3.54. The van der Waals surface area contributed by atoms with E-state index in [9.17, 15) is 0 Å². The molecule has 0 unspecified atom stereocenters. The Kier molecular flexibility index (Phi) is 3.27. The Labute approximate surface area is 95.1 Å². The van der Waals surface area contributed by atoms with Crippen LogP contribution in [0.15, 0.2) is 42.6 Å². The highest BCUT2D eigenvalue weighted by atomic mass is 16.5. The van der Waals surface area contributed by atoms with Gasteiger partial charge >= 0.3 is 0 Å². The summed E-state index contributed by atoms with van der Waals surface area (Å²) < 4.78 is 5.24. The zero-order chi connectivity index (χ0) is 11.4. The van der Waals surface area contributed by atoms with Crippen molar-refractivity contribution in [2.45, 2.75) is 13.0 Å². The molecule has 0 radical (unpaired) electrons. The van der Waals surface area contributed by atoms with Crippen LogP contribution in [0.3, 0.4) is 0 Å². The van der Waals surface area contributed by atoms with Crippen LogP contribution in [0.25, 0.3) is 11.4 Å². The lowest BCUT2D eigenvalue weighted by atomic mass is 10.2. The summed E-state index contributed by atoms with van der Waals surface area (Å²) in [5.41, 5.74) is 2.68. The summed E-state index contributed by atoms with van der Waals surface area (Å²) in [5.74, 6) is 0. The Bertz CT molecular complexity index is 456. The van der Waals surface area contributed by atoms with Crippen molar-refractivity contribution in [2.24, 2.45) is 0 Å². The van der Waals surface area contributed by atoms with Gasteiger partial charge in [-0.1, -0.05) is 12.1 Å². The van der Waals surface area contributed by atoms with Crippen LogP contribution in [0.4, 0.5) is 0 Å². The summed E-state index contributed by atoms with van der Waals surface area (Å²) in [6.45, 7) is 1.98. The molecule has 0 aliphatic carbocycles. The Morgan fingerprint density at radius 1 is 1.06 bits per heavy atom. The fourth-order valence-electron chi connectivity index (χ4n) is 1.46. The van der Waals surface area contributed by atoms with Crippen molar-refractivity contribution in [1.29, 1.82) is 0 Å². The molecule has 2 aromatic rings. The minimum Gasteiger partial charge on any atom is -0.375 e. The molecule has 0 aliphatic rings. The molecular weight excluding hydrogens is 200 g/mol. The van der Waals surface area contributed by atoms with Crippen molar-refractivity contribution in [1.82, 2.24) is 9.97 Å². The van der Waals surface area contributed by atoms with Gasteiger partial charge in [0.25, 0.3) is 0 Å². The van der Waals surface area contributed by atoms with Crippen molar-refractivity contribution in [2.75, 3.05) is 7.11 Å². The van der Waals surface area contributed by atoms with E-state index in [1.807, 2.05) is 43.3 Å². The van der Waals surface area contributed by atoms with Crippen LogP contribution in [-0.2, 0) is 4.74 Å². The molecule has 3 heteroatoms. The van der Waals surface area contributed by atoms with Crippen LogP contribution in [0, 0.1) is 0 Å². The van der Waals surface area contributed by atoms with E-state index in [0.717, 1.165) is 17.1 Å². The van der Waals surface area contributed by atoms with Gasteiger partial charge in [0.05, 0.1) is 23.2 Å². The van der Waals surface area contributed by atoms with Gasteiger partial charge in [-0.15, -0.1) is 0 Å². The second-order valence-electron chi connectivity index (χ2n) is 3.54. The molecule has 82 valence electrons. The molecule has 3 nitrogen and oxygen atoms in total. The highest BCUT2D eigenvalue weighted by Gasteiger charge is 2.07. The maximum atomic E-state index is 5.24. The first-order valence-corrected chi connectivity index (χ1v) is 5.22. The molecule has 0 fully saturated rings. The van der Waals surface area contributed by atoms with Crippen LogP contribution < -0.4 is 0 Å². The molecule has 2 aromatic heterocycles. The minimum absolute atomic E-state index is 0.00339. The first-order chi connectivity index (χ1) is 7.81. The monoisotopic (exact) mass is 214 g/mol. The quantitative estimate of drug-likeness (QED) is 0.788. The third-order valence-electron chi connectivity index (χ3n) is 2.47. The summed E-state index contributed by atoms with van der Waals surface area (Å²) >= 11 is 0. The van der Waals surface area contributed by atoms with Gasteiger partial charge < -0.3 is 4.74 Å². The molecule has 0 amide bonds. The van der Waals surface area contributed by atoms with E-state index in [1.165, 1.54) is 0 Å². The van der Waals surface area contributed by atoms with Gasteiger partial charge in [0, 0.05) is 13.3 Å². The number of rotatable bonds is 3. The maximum absolute atomic E-state index is 5.24. The molecule has 0 N–H and O–H groups in total.